The van der Waals surface area contributed by atoms with Gasteiger partial charge in [0.2, 0.25) is 11.8 Å². The summed E-state index contributed by atoms with van der Waals surface area (Å²) in [5.74, 6) is 0.182. The molecule has 20 heteroatoms. The molecule has 6 saturated carbocycles. The monoisotopic (exact) mass is 950 g/mol. The zero-order valence-electron chi connectivity index (χ0n) is 37.8. The van der Waals surface area contributed by atoms with E-state index in [0.29, 0.717) is 48.7 Å². The molecule has 0 unspecified atom stereocenters. The third-order valence-corrected chi connectivity index (χ3v) is 16.4. The first-order valence-corrected chi connectivity index (χ1v) is 22.9. The summed E-state index contributed by atoms with van der Waals surface area (Å²) in [6, 6.07) is 11.9. The summed E-state index contributed by atoms with van der Waals surface area (Å²) in [5, 5.41) is 5.16. The zero-order valence-corrected chi connectivity index (χ0v) is 37.8. The number of likely N-dealkylation sites (tertiary alicyclic amines) is 2. The zero-order chi connectivity index (χ0) is 48.3. The first-order valence-electron chi connectivity index (χ1n) is 22.9. The molecule has 2 aliphatic heterocycles. The number of nitrogens with one attached hydrogen (secondary N) is 4. The van der Waals surface area contributed by atoms with Crippen molar-refractivity contribution in [3.8, 4) is 33.6 Å². The van der Waals surface area contributed by atoms with Gasteiger partial charge in [-0.1, -0.05) is 48.5 Å². The lowest BCUT2D eigenvalue weighted by atomic mass is 9.32. The number of nitrogens with zero attached hydrogens (tertiary/aromatic N) is 4. The summed E-state index contributed by atoms with van der Waals surface area (Å²) in [6.07, 6.45) is -6.01. The number of carbonyl (C=O) groups excluding carboxylic acids is 4. The van der Waals surface area contributed by atoms with Crippen LogP contribution in [0.3, 0.4) is 0 Å². The van der Waals surface area contributed by atoms with Crippen LogP contribution in [0, 0.1) is 21.7 Å². The molecule has 2 aromatic carbocycles. The molecule has 0 spiro atoms. The summed E-state index contributed by atoms with van der Waals surface area (Å²) >= 11 is 0. The van der Waals surface area contributed by atoms with Gasteiger partial charge in [-0.15, -0.1) is 0 Å². The van der Waals surface area contributed by atoms with E-state index in [0.717, 1.165) is 36.5 Å². The van der Waals surface area contributed by atoms with Crippen LogP contribution >= 0.6 is 0 Å². The van der Waals surface area contributed by atoms with Gasteiger partial charge in [-0.05, 0) is 100 Å². The van der Waals surface area contributed by atoms with E-state index in [4.69, 9.17) is 9.47 Å². The quantitative estimate of drug-likeness (QED) is 0.108. The number of alkyl halides is 6. The lowest BCUT2D eigenvalue weighted by molar-refractivity contribution is -0.367. The Morgan fingerprint density at radius 3 is 1.22 bits per heavy atom. The van der Waals surface area contributed by atoms with Gasteiger partial charge in [0.15, 0.2) is 0 Å². The van der Waals surface area contributed by atoms with Crippen molar-refractivity contribution in [3.63, 3.8) is 0 Å². The highest BCUT2D eigenvalue weighted by atomic mass is 19.4. The molecule has 4 aromatic rings. The number of hydrogen-bond acceptors (Lipinski definition) is 8. The van der Waals surface area contributed by atoms with E-state index >= 15 is 0 Å². The van der Waals surface area contributed by atoms with E-state index in [1.165, 1.54) is 0 Å². The minimum Gasteiger partial charge on any atom is -0.453 e. The molecule has 4 amide bonds. The number of methoxy groups -OCH3 is 2. The Hall–Kier alpha value is -6.08. The third-order valence-electron chi connectivity index (χ3n) is 16.4. The molecular formula is C48H52F6N8O6. The molecule has 6 aliphatic carbocycles. The van der Waals surface area contributed by atoms with E-state index in [2.05, 4.69) is 30.6 Å². The molecule has 2 saturated heterocycles. The largest absolute Gasteiger partial charge is 0.453 e. The van der Waals surface area contributed by atoms with Crippen molar-refractivity contribution in [1.82, 2.24) is 40.4 Å². The normalized spacial score (nSPS) is 31.1. The Bertz CT molecular complexity index is 2430. The highest BCUT2D eigenvalue weighted by molar-refractivity contribution is 5.89. The molecule has 8 aliphatic rings. The summed E-state index contributed by atoms with van der Waals surface area (Å²) in [5.41, 5.74) is -0.616. The first kappa shape index (κ1) is 45.7. The molecule has 4 bridgehead atoms. The van der Waals surface area contributed by atoms with Crippen LogP contribution in [-0.2, 0) is 19.1 Å². The Kier molecular flexibility index (Phi) is 10.6. The van der Waals surface area contributed by atoms with Crippen molar-refractivity contribution in [2.24, 2.45) is 21.7 Å². The highest BCUT2D eigenvalue weighted by Crippen LogP contribution is 2.80. The Morgan fingerprint density at radius 2 is 0.912 bits per heavy atom. The number of ether oxygens (including phenoxy) is 2. The van der Waals surface area contributed by atoms with Gasteiger partial charge in [-0.3, -0.25) is 9.59 Å². The van der Waals surface area contributed by atoms with Crippen LogP contribution in [0.2, 0.25) is 0 Å². The Labute approximate surface area is 387 Å². The van der Waals surface area contributed by atoms with Crippen LogP contribution in [0.4, 0.5) is 35.9 Å². The molecule has 12 rings (SSSR count). The van der Waals surface area contributed by atoms with Crippen LogP contribution in [0.15, 0.2) is 60.9 Å². The number of amides is 4. The summed E-state index contributed by atoms with van der Waals surface area (Å²) < 4.78 is 92.2. The second-order valence-corrected chi connectivity index (χ2v) is 20.4. The first-order chi connectivity index (χ1) is 32.1. The van der Waals surface area contributed by atoms with E-state index in [9.17, 15) is 45.5 Å². The number of hydrogen-bond donors (Lipinski definition) is 4. The molecule has 14 nitrogen and oxygen atoms in total. The lowest BCUT2D eigenvalue weighted by Gasteiger charge is -2.72. The number of carbonyl (C=O) groups is 4. The van der Waals surface area contributed by atoms with E-state index < -0.39 is 82.2 Å². The summed E-state index contributed by atoms with van der Waals surface area (Å²) in [4.78, 5) is 72.6. The number of aromatic amines is 2. The SMILES string of the molecule is COC(=O)N[C@H](C(=O)N1[C@@H](C)CC[C@H]1c1ncc(-c2ccc(-c3ccc(-c4cnc([C@@H]5CC[C@H](C)N5C(=O)[C@@H](NC(=O)OC)C56CC(C(F)(F)F)(C5)C6)[nH]4)cc3)cc2)[nH]1)C12CC(C(F)(F)F)(C1)C2. The van der Waals surface area contributed by atoms with Gasteiger partial charge in [0.05, 0.1) is 60.9 Å². The molecule has 2 aromatic heterocycles. The smallest absolute Gasteiger partial charge is 0.407 e. The van der Waals surface area contributed by atoms with Crippen molar-refractivity contribution < 1.29 is 55.0 Å². The van der Waals surface area contributed by atoms with Crippen LogP contribution in [0.1, 0.15) is 102 Å². The molecule has 4 N–H and O–H groups in total. The summed E-state index contributed by atoms with van der Waals surface area (Å²) in [6.45, 7) is 3.77. The Morgan fingerprint density at radius 1 is 0.588 bits per heavy atom. The minimum atomic E-state index is -4.38. The van der Waals surface area contributed by atoms with Gasteiger partial charge < -0.3 is 39.9 Å². The van der Waals surface area contributed by atoms with Crippen molar-refractivity contribution in [2.75, 3.05) is 14.2 Å². The standard InChI is InChI=1S/C48H52F6N8O6/c1-25-5-15-33(61(25)39(63)35(59-41(65)67-3)43-19-45(20-43,21-43)47(49,50)51)37-55-17-31(57-37)29-11-7-27(8-12-29)28-9-13-30(14-10-28)32-18-56-38(58-32)34-16-6-26(2)62(34)40(64)36(60-42(66)68-4)44-22-46(23-44,24-44)48(52,53)54/h7-14,17-18,25-26,33-36H,5-6,15-16,19-24H2,1-4H3,(H,55,57)(H,56,58)(H,59,65)(H,60,66)/t25-,26-,33-,34-,35+,36+,43?,44?,45?,46?/m0/s1. The minimum absolute atomic E-state index is 0.219. The molecule has 6 atom stereocenters. The number of rotatable bonds is 11. The maximum Gasteiger partial charge on any atom is 0.407 e. The summed E-state index contributed by atoms with van der Waals surface area (Å²) in [7, 11) is 2.30. The molecule has 68 heavy (non-hydrogen) atoms. The number of imidazole rings is 2. The predicted octanol–water partition coefficient (Wildman–Crippen LogP) is 9.15. The van der Waals surface area contributed by atoms with Gasteiger partial charge in [-0.2, -0.15) is 26.3 Å². The second-order valence-electron chi connectivity index (χ2n) is 20.4. The second kappa shape index (κ2) is 15.7. The van der Waals surface area contributed by atoms with E-state index in [1.807, 2.05) is 62.4 Å². The number of H-pyrrole nitrogens is 2. The van der Waals surface area contributed by atoms with Crippen LogP contribution in [0.25, 0.3) is 33.6 Å². The number of alkyl carbamates (subject to hydrolysis) is 2. The third kappa shape index (κ3) is 7.04. The fraction of sp³-hybridized carbons (Fsp3) is 0.542. The molecule has 362 valence electrons. The topological polar surface area (TPSA) is 175 Å². The Balaban J connectivity index is 0.802. The molecule has 8 fully saturated rings. The van der Waals surface area contributed by atoms with Crippen LogP contribution in [-0.4, -0.2) is 104 Å². The molecule has 4 heterocycles. The van der Waals surface area contributed by atoms with E-state index in [-0.39, 0.29) is 50.6 Å². The van der Waals surface area contributed by atoms with E-state index in [1.54, 1.807) is 22.2 Å². The maximum absolute atomic E-state index is 14.3. The van der Waals surface area contributed by atoms with Crippen LogP contribution < -0.4 is 10.6 Å². The van der Waals surface area contributed by atoms with Crippen LogP contribution in [0.5, 0.6) is 0 Å². The van der Waals surface area contributed by atoms with Gasteiger partial charge >= 0.3 is 24.5 Å². The maximum atomic E-state index is 14.3. The molecular weight excluding hydrogens is 899 g/mol. The lowest BCUT2D eigenvalue weighted by Crippen LogP contribution is -2.76. The van der Waals surface area contributed by atoms with Gasteiger partial charge in [0.25, 0.3) is 0 Å². The van der Waals surface area contributed by atoms with Gasteiger partial charge in [0, 0.05) is 22.9 Å². The molecule has 0 radical (unpaired) electrons. The highest BCUT2D eigenvalue weighted by Gasteiger charge is 2.82. The van der Waals surface area contributed by atoms with Crippen molar-refractivity contribution >= 4 is 24.0 Å². The average Bonchev–Trinajstić information content (AvgIpc) is 4.06. The van der Waals surface area contributed by atoms with Crippen molar-refractivity contribution in [1.29, 1.82) is 0 Å². The van der Waals surface area contributed by atoms with Gasteiger partial charge in [-0.25, -0.2) is 19.6 Å². The number of aromatic nitrogens is 4. The van der Waals surface area contributed by atoms with Gasteiger partial charge in [0.1, 0.15) is 23.7 Å². The number of benzene rings is 2. The predicted molar refractivity (Wildman–Crippen MR) is 232 cm³/mol. The van der Waals surface area contributed by atoms with Crippen molar-refractivity contribution in [3.05, 3.63) is 72.6 Å². The average molecular weight is 951 g/mol. The number of halogens is 6. The van der Waals surface area contributed by atoms with Crippen molar-refractivity contribution in [2.45, 2.75) is 127 Å². The fourth-order valence-electron chi connectivity index (χ4n) is 12.8. The fourth-order valence-corrected chi connectivity index (χ4v) is 12.8.